The second kappa shape index (κ2) is 9.03. The fourth-order valence-electron chi connectivity index (χ4n) is 3.01. The monoisotopic (exact) mass is 363 g/mol. The molecule has 0 spiro atoms. The van der Waals surface area contributed by atoms with Crippen molar-refractivity contribution in [1.82, 2.24) is 15.1 Å². The average Bonchev–Trinajstić information content (AvgIpc) is 3.10. The van der Waals surface area contributed by atoms with Crippen LogP contribution in [-0.2, 0) is 6.42 Å². The number of ether oxygens (including phenoxy) is 1. The minimum atomic E-state index is -0.0769. The number of nitrogens with one attached hydrogen (secondary N) is 1. The summed E-state index contributed by atoms with van der Waals surface area (Å²) in [5.41, 5.74) is 3.66. The molecule has 0 aliphatic carbocycles. The Morgan fingerprint density at radius 1 is 1.07 bits per heavy atom. The zero-order valence-electron chi connectivity index (χ0n) is 15.8. The minimum Gasteiger partial charge on any atom is -0.497 e. The maximum absolute atomic E-state index is 12.5. The number of benzene rings is 2. The predicted octanol–water partition coefficient (Wildman–Crippen LogP) is 3.94. The first-order chi connectivity index (χ1) is 13.2. The molecule has 0 bridgehead atoms. The SMILES string of the molecule is COc1ccc(-n2ncc(C(=O)NCCCCc3ccccc3)c2C)cc1. The van der Waals surface area contributed by atoms with E-state index in [9.17, 15) is 4.79 Å². The fraction of sp³-hybridized carbons (Fsp3) is 0.273. The first-order valence-electron chi connectivity index (χ1n) is 9.20. The standard InChI is InChI=1S/C22H25N3O2/c1-17-21(16-24-25(17)19-11-13-20(27-2)14-12-19)22(26)23-15-7-6-10-18-8-4-3-5-9-18/h3-5,8-9,11-14,16H,6-7,10,15H2,1-2H3,(H,23,26). The van der Waals surface area contributed by atoms with Gasteiger partial charge in [0.05, 0.1) is 30.3 Å². The van der Waals surface area contributed by atoms with Crippen LogP contribution in [0, 0.1) is 6.92 Å². The second-order valence-electron chi connectivity index (χ2n) is 6.45. The summed E-state index contributed by atoms with van der Waals surface area (Å²) in [7, 11) is 1.64. The van der Waals surface area contributed by atoms with Crippen molar-refractivity contribution in [2.45, 2.75) is 26.2 Å². The molecule has 3 rings (SSSR count). The van der Waals surface area contributed by atoms with E-state index in [2.05, 4.69) is 34.7 Å². The summed E-state index contributed by atoms with van der Waals surface area (Å²) in [5, 5.41) is 7.36. The van der Waals surface area contributed by atoms with Gasteiger partial charge >= 0.3 is 0 Å². The molecule has 0 atom stereocenters. The Bertz CT molecular complexity index is 870. The van der Waals surface area contributed by atoms with Gasteiger partial charge in [0.2, 0.25) is 0 Å². The number of rotatable bonds is 8. The van der Waals surface area contributed by atoms with E-state index in [1.165, 1.54) is 5.56 Å². The molecule has 1 amide bonds. The zero-order chi connectivity index (χ0) is 19.1. The molecule has 3 aromatic rings. The van der Waals surface area contributed by atoms with Crippen LogP contribution in [-0.4, -0.2) is 29.3 Å². The minimum absolute atomic E-state index is 0.0769. The third-order valence-corrected chi connectivity index (χ3v) is 4.59. The highest BCUT2D eigenvalue weighted by molar-refractivity contribution is 5.95. The summed E-state index contributed by atoms with van der Waals surface area (Å²) in [6.45, 7) is 2.57. The Balaban J connectivity index is 1.52. The molecule has 1 aromatic heterocycles. The van der Waals surface area contributed by atoms with Gasteiger partial charge in [0.25, 0.3) is 5.91 Å². The molecule has 0 aliphatic heterocycles. The number of nitrogens with zero attached hydrogens (tertiary/aromatic N) is 2. The predicted molar refractivity (Wildman–Crippen MR) is 107 cm³/mol. The Morgan fingerprint density at radius 3 is 2.52 bits per heavy atom. The van der Waals surface area contributed by atoms with Crippen molar-refractivity contribution >= 4 is 5.91 Å². The van der Waals surface area contributed by atoms with Crippen LogP contribution < -0.4 is 10.1 Å². The topological polar surface area (TPSA) is 56.2 Å². The second-order valence-corrected chi connectivity index (χ2v) is 6.45. The van der Waals surface area contributed by atoms with E-state index >= 15 is 0 Å². The van der Waals surface area contributed by atoms with Crippen molar-refractivity contribution in [1.29, 1.82) is 0 Å². The maximum atomic E-state index is 12.5. The fourth-order valence-corrected chi connectivity index (χ4v) is 3.01. The molecular formula is C22H25N3O2. The van der Waals surface area contributed by atoms with Crippen molar-refractivity contribution in [2.75, 3.05) is 13.7 Å². The van der Waals surface area contributed by atoms with Crippen molar-refractivity contribution in [3.63, 3.8) is 0 Å². The van der Waals surface area contributed by atoms with Crippen LogP contribution in [0.25, 0.3) is 5.69 Å². The highest BCUT2D eigenvalue weighted by Gasteiger charge is 2.14. The lowest BCUT2D eigenvalue weighted by molar-refractivity contribution is 0.0952. The van der Waals surface area contributed by atoms with Crippen LogP contribution in [0.3, 0.4) is 0 Å². The highest BCUT2D eigenvalue weighted by atomic mass is 16.5. The molecule has 0 unspecified atom stereocenters. The van der Waals surface area contributed by atoms with Crippen LogP contribution in [0.4, 0.5) is 0 Å². The van der Waals surface area contributed by atoms with Gasteiger partial charge in [-0.1, -0.05) is 30.3 Å². The molecule has 5 nitrogen and oxygen atoms in total. The van der Waals surface area contributed by atoms with Gasteiger partial charge in [0.1, 0.15) is 5.75 Å². The molecule has 0 saturated heterocycles. The summed E-state index contributed by atoms with van der Waals surface area (Å²) in [5.74, 6) is 0.712. The van der Waals surface area contributed by atoms with Crippen molar-refractivity contribution in [3.8, 4) is 11.4 Å². The van der Waals surface area contributed by atoms with Gasteiger partial charge < -0.3 is 10.1 Å². The van der Waals surface area contributed by atoms with Crippen LogP contribution in [0.15, 0.2) is 60.8 Å². The van der Waals surface area contributed by atoms with E-state index in [1.54, 1.807) is 18.0 Å². The third kappa shape index (κ3) is 4.76. The molecule has 5 heteroatoms. The van der Waals surface area contributed by atoms with Crippen LogP contribution in [0.1, 0.15) is 34.5 Å². The molecule has 1 heterocycles. The van der Waals surface area contributed by atoms with Crippen molar-refractivity contribution in [3.05, 3.63) is 77.6 Å². The summed E-state index contributed by atoms with van der Waals surface area (Å²) in [6, 6.07) is 18.0. The normalized spacial score (nSPS) is 10.6. The number of aromatic nitrogens is 2. The molecule has 0 fully saturated rings. The van der Waals surface area contributed by atoms with Crippen LogP contribution in [0.2, 0.25) is 0 Å². The number of aryl methyl sites for hydroxylation is 1. The van der Waals surface area contributed by atoms with Crippen LogP contribution >= 0.6 is 0 Å². The first kappa shape index (κ1) is 18.7. The smallest absolute Gasteiger partial charge is 0.254 e. The Hall–Kier alpha value is -3.08. The number of carbonyl (C=O) groups excluding carboxylic acids is 1. The summed E-state index contributed by atoms with van der Waals surface area (Å²) in [6.07, 6.45) is 4.66. The third-order valence-electron chi connectivity index (χ3n) is 4.59. The number of carbonyl (C=O) groups is 1. The molecule has 0 saturated carbocycles. The number of unbranched alkanes of at least 4 members (excludes halogenated alkanes) is 1. The lowest BCUT2D eigenvalue weighted by atomic mass is 10.1. The maximum Gasteiger partial charge on any atom is 0.254 e. The Morgan fingerprint density at radius 2 is 1.81 bits per heavy atom. The molecule has 1 N–H and O–H groups in total. The summed E-state index contributed by atoms with van der Waals surface area (Å²) >= 11 is 0. The quantitative estimate of drug-likeness (QED) is 0.617. The molecular weight excluding hydrogens is 338 g/mol. The van der Waals surface area contributed by atoms with Gasteiger partial charge in [-0.25, -0.2) is 4.68 Å². The molecule has 0 aliphatic rings. The zero-order valence-corrected chi connectivity index (χ0v) is 15.8. The van der Waals surface area contributed by atoms with E-state index < -0.39 is 0 Å². The van der Waals surface area contributed by atoms with E-state index in [4.69, 9.17) is 4.74 Å². The van der Waals surface area contributed by atoms with Gasteiger partial charge in [0.15, 0.2) is 0 Å². The van der Waals surface area contributed by atoms with Gasteiger partial charge in [0, 0.05) is 6.54 Å². The number of hydrogen-bond acceptors (Lipinski definition) is 3. The Kier molecular flexibility index (Phi) is 6.26. The number of methoxy groups -OCH3 is 1. The molecule has 0 radical (unpaired) electrons. The van der Waals surface area contributed by atoms with E-state index in [1.807, 2.05) is 37.3 Å². The van der Waals surface area contributed by atoms with Crippen molar-refractivity contribution in [2.24, 2.45) is 0 Å². The molecule has 2 aromatic carbocycles. The highest BCUT2D eigenvalue weighted by Crippen LogP contribution is 2.17. The average molecular weight is 363 g/mol. The van der Waals surface area contributed by atoms with E-state index in [0.717, 1.165) is 36.4 Å². The lowest BCUT2D eigenvalue weighted by Crippen LogP contribution is -2.25. The van der Waals surface area contributed by atoms with Gasteiger partial charge in [-0.2, -0.15) is 5.10 Å². The summed E-state index contributed by atoms with van der Waals surface area (Å²) < 4.78 is 6.94. The van der Waals surface area contributed by atoms with E-state index in [-0.39, 0.29) is 5.91 Å². The van der Waals surface area contributed by atoms with Gasteiger partial charge in [-0.05, 0) is 56.0 Å². The largest absolute Gasteiger partial charge is 0.497 e. The summed E-state index contributed by atoms with van der Waals surface area (Å²) in [4.78, 5) is 12.5. The number of amides is 1. The van der Waals surface area contributed by atoms with Crippen molar-refractivity contribution < 1.29 is 9.53 Å². The van der Waals surface area contributed by atoms with Gasteiger partial charge in [-0.3, -0.25) is 4.79 Å². The Labute approximate surface area is 160 Å². The molecule has 140 valence electrons. The van der Waals surface area contributed by atoms with E-state index in [0.29, 0.717) is 12.1 Å². The first-order valence-corrected chi connectivity index (χ1v) is 9.20. The van der Waals surface area contributed by atoms with Crippen LogP contribution in [0.5, 0.6) is 5.75 Å². The molecule has 27 heavy (non-hydrogen) atoms. The number of hydrogen-bond donors (Lipinski definition) is 1. The van der Waals surface area contributed by atoms with Gasteiger partial charge in [-0.15, -0.1) is 0 Å². The lowest BCUT2D eigenvalue weighted by Gasteiger charge is -2.07.